The number of aromatic nitrogens is 1. The van der Waals surface area contributed by atoms with E-state index in [9.17, 15) is 27.6 Å². The first-order valence-electron chi connectivity index (χ1n) is 8.76. The normalized spacial score (nSPS) is 15.4. The predicted octanol–water partition coefficient (Wildman–Crippen LogP) is 3.11. The summed E-state index contributed by atoms with van der Waals surface area (Å²) in [5, 5.41) is 2.13. The number of likely N-dealkylation sites (tertiary alicyclic amines) is 1. The maximum Gasteiger partial charge on any atom is 0.417 e. The average Bonchev–Trinajstić information content (AvgIpc) is 2.67. The van der Waals surface area contributed by atoms with Crippen LogP contribution in [0.4, 0.5) is 13.2 Å². The Bertz CT molecular complexity index is 1040. The van der Waals surface area contributed by atoms with Gasteiger partial charge in [-0.3, -0.25) is 14.4 Å². The Labute approximate surface area is 168 Å². The first kappa shape index (κ1) is 20.9. The molecule has 6 nitrogen and oxygen atoms in total. The molecule has 2 aromatic rings. The monoisotopic (exact) mass is 427 g/mol. The highest BCUT2D eigenvalue weighted by molar-refractivity contribution is 6.32. The van der Waals surface area contributed by atoms with E-state index < -0.39 is 28.1 Å². The molecule has 0 atom stereocenters. The van der Waals surface area contributed by atoms with Crippen LogP contribution in [0.1, 0.15) is 28.9 Å². The van der Waals surface area contributed by atoms with Crippen molar-refractivity contribution in [2.24, 2.45) is 0 Å². The van der Waals surface area contributed by atoms with Crippen molar-refractivity contribution in [3.63, 3.8) is 0 Å². The minimum Gasteiger partial charge on any atom is -0.350 e. The molecule has 154 valence electrons. The number of H-pyrrole nitrogens is 1. The fraction of sp³-hybridized carbons (Fsp3) is 0.316. The molecule has 2 amide bonds. The second-order valence-electron chi connectivity index (χ2n) is 6.70. The van der Waals surface area contributed by atoms with E-state index >= 15 is 0 Å². The van der Waals surface area contributed by atoms with Gasteiger partial charge in [-0.2, -0.15) is 13.2 Å². The summed E-state index contributed by atoms with van der Waals surface area (Å²) in [6, 6.07) is 2.63. The molecule has 29 heavy (non-hydrogen) atoms. The lowest BCUT2D eigenvalue weighted by Gasteiger charge is -2.32. The third-order valence-electron chi connectivity index (χ3n) is 4.77. The summed E-state index contributed by atoms with van der Waals surface area (Å²) in [6.07, 6.45) is -2.51. The summed E-state index contributed by atoms with van der Waals surface area (Å²) < 4.78 is 39.3. The van der Waals surface area contributed by atoms with Gasteiger partial charge in [0.2, 0.25) is 5.91 Å². The highest BCUT2D eigenvalue weighted by Crippen LogP contribution is 2.36. The van der Waals surface area contributed by atoms with Crippen molar-refractivity contribution in [2.45, 2.75) is 25.1 Å². The molecule has 0 saturated carbocycles. The molecule has 1 fully saturated rings. The fourth-order valence-electron chi connectivity index (χ4n) is 3.26. The molecule has 1 aliphatic rings. The first-order chi connectivity index (χ1) is 13.6. The molecule has 10 heteroatoms. The first-order valence-corrected chi connectivity index (χ1v) is 9.14. The number of pyridine rings is 1. The number of rotatable bonds is 3. The molecule has 0 spiro atoms. The fourth-order valence-corrected chi connectivity index (χ4v) is 3.53. The predicted molar refractivity (Wildman–Crippen MR) is 102 cm³/mol. The Balaban J connectivity index is 1.85. The largest absolute Gasteiger partial charge is 0.417 e. The molecule has 1 aliphatic heterocycles. The molecule has 0 unspecified atom stereocenters. The molecule has 1 saturated heterocycles. The van der Waals surface area contributed by atoms with Gasteiger partial charge in [0, 0.05) is 30.6 Å². The van der Waals surface area contributed by atoms with E-state index in [0.717, 1.165) is 18.2 Å². The van der Waals surface area contributed by atoms with Crippen LogP contribution in [-0.4, -0.2) is 40.8 Å². The average molecular weight is 428 g/mol. The van der Waals surface area contributed by atoms with E-state index in [2.05, 4.69) is 16.9 Å². The number of nitrogens with one attached hydrogen (secondary N) is 2. The number of nitrogens with zero attached hydrogens (tertiary/aromatic N) is 1. The van der Waals surface area contributed by atoms with Crippen molar-refractivity contribution in [3.05, 3.63) is 57.4 Å². The zero-order chi connectivity index (χ0) is 21.3. The number of fused-ring (bicyclic) bond motifs is 1. The molecule has 3 rings (SSSR count). The Morgan fingerprint density at radius 1 is 1.24 bits per heavy atom. The maximum atomic E-state index is 13.1. The van der Waals surface area contributed by atoms with Crippen LogP contribution in [0.25, 0.3) is 10.9 Å². The number of aromatic amines is 1. The van der Waals surface area contributed by atoms with Gasteiger partial charge in [-0.1, -0.05) is 18.2 Å². The summed E-state index contributed by atoms with van der Waals surface area (Å²) in [7, 11) is 0. The lowest BCUT2D eigenvalue weighted by Crippen LogP contribution is -2.46. The van der Waals surface area contributed by atoms with Gasteiger partial charge in [0.05, 0.1) is 16.1 Å². The number of benzene rings is 1. The second-order valence-corrected chi connectivity index (χ2v) is 7.11. The zero-order valence-electron chi connectivity index (χ0n) is 15.1. The number of carbonyl (C=O) groups is 2. The van der Waals surface area contributed by atoms with E-state index in [1.165, 1.54) is 11.0 Å². The van der Waals surface area contributed by atoms with Crippen LogP contribution >= 0.6 is 11.6 Å². The molecule has 2 heterocycles. The minimum absolute atomic E-state index is 0.0367. The lowest BCUT2D eigenvalue weighted by molar-refractivity contribution is -0.137. The van der Waals surface area contributed by atoms with Crippen LogP contribution in [0.5, 0.6) is 0 Å². The van der Waals surface area contributed by atoms with Crippen molar-refractivity contribution < 1.29 is 22.8 Å². The summed E-state index contributed by atoms with van der Waals surface area (Å²) in [4.78, 5) is 40.5. The zero-order valence-corrected chi connectivity index (χ0v) is 15.9. The highest BCUT2D eigenvalue weighted by Gasteiger charge is 2.34. The number of hydrogen-bond donors (Lipinski definition) is 2. The minimum atomic E-state index is -4.69. The Morgan fingerprint density at radius 2 is 1.90 bits per heavy atom. The molecular weight excluding hydrogens is 411 g/mol. The van der Waals surface area contributed by atoms with Gasteiger partial charge in [-0.25, -0.2) is 0 Å². The Morgan fingerprint density at radius 3 is 2.48 bits per heavy atom. The summed E-state index contributed by atoms with van der Waals surface area (Å²) in [5.41, 5.74) is -1.92. The third-order valence-corrected chi connectivity index (χ3v) is 5.08. The van der Waals surface area contributed by atoms with Crippen molar-refractivity contribution in [1.82, 2.24) is 15.2 Å². The quantitative estimate of drug-likeness (QED) is 0.738. The number of alkyl halides is 3. The number of halogens is 4. The summed E-state index contributed by atoms with van der Waals surface area (Å²) >= 11 is 5.66. The van der Waals surface area contributed by atoms with E-state index in [-0.39, 0.29) is 28.5 Å². The molecule has 1 aromatic heterocycles. The molecule has 0 radical (unpaired) electrons. The molecule has 2 N–H and O–H groups in total. The number of amides is 2. The standard InChI is InChI=1S/C19H17ClF3N3O3/c1-2-17(28)24-10-3-5-26(6-4-10)18(29)15-9-16(27)11-7-13(20)12(19(21,22)23)8-14(11)25-15/h2,7-10H,1,3-6H2,(H,24,28)(H,25,27). The molecular formula is C19H17ClF3N3O3. The van der Waals surface area contributed by atoms with Gasteiger partial charge in [0.1, 0.15) is 5.69 Å². The molecule has 0 bridgehead atoms. The van der Waals surface area contributed by atoms with Crippen LogP contribution in [0, 0.1) is 0 Å². The van der Waals surface area contributed by atoms with Crippen molar-refractivity contribution >= 4 is 34.3 Å². The summed E-state index contributed by atoms with van der Waals surface area (Å²) in [5.74, 6) is -0.797. The van der Waals surface area contributed by atoms with Crippen LogP contribution in [-0.2, 0) is 11.0 Å². The smallest absolute Gasteiger partial charge is 0.350 e. The SMILES string of the molecule is C=CC(=O)NC1CCN(C(=O)c2cc(=O)c3cc(Cl)c(C(F)(F)F)cc3[nH]2)CC1. The van der Waals surface area contributed by atoms with Crippen molar-refractivity contribution in [3.8, 4) is 0 Å². The maximum absolute atomic E-state index is 13.1. The molecule has 0 aliphatic carbocycles. The van der Waals surface area contributed by atoms with E-state index in [4.69, 9.17) is 11.6 Å². The van der Waals surface area contributed by atoms with Crippen molar-refractivity contribution in [2.75, 3.05) is 13.1 Å². The van der Waals surface area contributed by atoms with Crippen LogP contribution < -0.4 is 10.7 Å². The van der Waals surface area contributed by atoms with Crippen LogP contribution in [0.2, 0.25) is 5.02 Å². The molecule has 1 aromatic carbocycles. The highest BCUT2D eigenvalue weighted by atomic mass is 35.5. The number of carbonyl (C=O) groups excluding carboxylic acids is 2. The van der Waals surface area contributed by atoms with Crippen LogP contribution in [0.3, 0.4) is 0 Å². The van der Waals surface area contributed by atoms with Crippen molar-refractivity contribution in [1.29, 1.82) is 0 Å². The van der Waals surface area contributed by atoms with E-state index in [1.807, 2.05) is 0 Å². The topological polar surface area (TPSA) is 82.3 Å². The number of piperidine rings is 1. The Kier molecular flexibility index (Phi) is 5.70. The third kappa shape index (κ3) is 4.45. The summed E-state index contributed by atoms with van der Waals surface area (Å²) in [6.45, 7) is 4.04. The van der Waals surface area contributed by atoms with Gasteiger partial charge >= 0.3 is 6.18 Å². The van der Waals surface area contributed by atoms with Gasteiger partial charge < -0.3 is 15.2 Å². The van der Waals surface area contributed by atoms with Gasteiger partial charge in [0.15, 0.2) is 5.43 Å². The van der Waals surface area contributed by atoms with E-state index in [0.29, 0.717) is 25.9 Å². The van der Waals surface area contributed by atoms with Gasteiger partial charge in [-0.05, 0) is 31.1 Å². The lowest BCUT2D eigenvalue weighted by atomic mass is 10.0. The Hall–Kier alpha value is -2.81. The van der Waals surface area contributed by atoms with E-state index in [1.54, 1.807) is 0 Å². The second kappa shape index (κ2) is 7.90. The van der Waals surface area contributed by atoms with Gasteiger partial charge in [0.25, 0.3) is 5.91 Å². The van der Waals surface area contributed by atoms with Crippen LogP contribution in [0.15, 0.2) is 35.6 Å². The van der Waals surface area contributed by atoms with Gasteiger partial charge in [-0.15, -0.1) is 0 Å². The number of hydrogen-bond acceptors (Lipinski definition) is 3.